The second-order valence-corrected chi connectivity index (χ2v) is 30.1. The van der Waals surface area contributed by atoms with Crippen LogP contribution in [0.3, 0.4) is 0 Å². The van der Waals surface area contributed by atoms with Crippen molar-refractivity contribution < 1.29 is 64.7 Å². The van der Waals surface area contributed by atoms with Crippen LogP contribution in [0.2, 0.25) is 0 Å². The van der Waals surface area contributed by atoms with Gasteiger partial charge in [0, 0.05) is 149 Å². The van der Waals surface area contributed by atoms with Gasteiger partial charge in [-0.05, 0) is 169 Å². The van der Waals surface area contributed by atoms with Crippen molar-refractivity contribution in [3.63, 3.8) is 0 Å². The monoisotopic (exact) mass is 1470 g/mol. The van der Waals surface area contributed by atoms with E-state index in [1.54, 1.807) is 93.2 Å². The van der Waals surface area contributed by atoms with Crippen LogP contribution in [0.1, 0.15) is 236 Å². The molecule has 0 radical (unpaired) electrons. The zero-order chi connectivity index (χ0) is 96.0. The van der Waals surface area contributed by atoms with Gasteiger partial charge in [0.25, 0.3) is 0 Å². The fourth-order valence-corrected chi connectivity index (χ4v) is 14.1. The SMILES string of the molecule is [2H]C(C)(C)c1ccc2c(n1)oc1c(-c3cc(C([2H])(C)C([2H])([2H])[2H])cc[n+]3C)c(C)ccc12.[2H]C([2H])([2H])C([2H])(C)Cc1ccc2c(n1)oc1c(-c3cc(C([2H])(C)C([2H])([2H])[2H])cc[n+]3C)c(C)ccc12.[2H]C([2H])([2H])C([2H])(C)c1cc[n+](C)c(-c2c(C)ccc3c2oc2nc(C(C)(C)C)ccc23)c1.[2H]C([2H])([2H])C([2H])(C)c1cc[n+](C)c(-c2c(C)ccc3c2oc2nc(CC)ccc23)c1. The molecular weight excluding hydrogens is 1340 g/mol. The van der Waals surface area contributed by atoms with Gasteiger partial charge in [0.15, 0.2) is 47.1 Å². The van der Waals surface area contributed by atoms with Gasteiger partial charge in [-0.15, -0.1) is 0 Å². The summed E-state index contributed by atoms with van der Waals surface area (Å²) in [7, 11) is 7.54. The second kappa shape index (κ2) is 30.7. The van der Waals surface area contributed by atoms with E-state index < -0.39 is 69.6 Å². The summed E-state index contributed by atoms with van der Waals surface area (Å²) < 4.78 is 200. The molecule has 0 bridgehead atoms. The maximum atomic E-state index is 8.53. The van der Waals surface area contributed by atoms with Crippen LogP contribution in [0.25, 0.3) is 133 Å². The Hall–Kier alpha value is -10.7. The summed E-state index contributed by atoms with van der Waals surface area (Å²) in [5, 5.41) is 7.15. The molecule has 16 rings (SSSR count). The smallest absolute Gasteiger partial charge is 0.227 e. The molecule has 0 fully saturated rings. The minimum absolute atomic E-state index is 0.0589. The summed E-state index contributed by atoms with van der Waals surface area (Å²) in [6.45, 7) is 14.6. The Bertz CT molecular complexity index is 6900. The van der Waals surface area contributed by atoms with Gasteiger partial charge in [0.05, 0.1) is 22.3 Å². The zero-order valence-electron chi connectivity index (χ0n) is 86.8. The molecule has 16 aromatic rings. The number of pyridine rings is 8. The molecule has 0 saturated carbocycles. The molecule has 12 heteroatoms. The molecule has 558 valence electrons. The van der Waals surface area contributed by atoms with Crippen molar-refractivity contribution in [1.82, 2.24) is 19.9 Å². The summed E-state index contributed by atoms with van der Waals surface area (Å²) in [4.78, 5) is 18.5. The van der Waals surface area contributed by atoms with Crippen LogP contribution in [0.15, 0.2) is 188 Å². The molecule has 5 atom stereocenters. The Morgan fingerprint density at radius 3 is 0.982 bits per heavy atom. The fourth-order valence-electron chi connectivity index (χ4n) is 14.1. The van der Waals surface area contributed by atoms with Gasteiger partial charge in [0.2, 0.25) is 45.6 Å². The fraction of sp³-hybridized carbons (Fsp3) is 0.340. The highest BCUT2D eigenvalue weighted by molar-refractivity contribution is 6.12. The third kappa shape index (κ3) is 15.2. The lowest BCUT2D eigenvalue weighted by Crippen LogP contribution is -2.31. The molecule has 4 aromatic carbocycles. The zero-order valence-corrected chi connectivity index (χ0v) is 65.8. The van der Waals surface area contributed by atoms with Crippen molar-refractivity contribution in [2.45, 2.75) is 186 Å². The van der Waals surface area contributed by atoms with E-state index in [1.165, 1.54) is 34.6 Å². The molecule has 0 amide bonds. The molecule has 0 spiro atoms. The van der Waals surface area contributed by atoms with Gasteiger partial charge in [-0.25, -0.2) is 38.2 Å². The van der Waals surface area contributed by atoms with Gasteiger partial charge >= 0.3 is 0 Å². The quantitative estimate of drug-likeness (QED) is 0.111. The maximum absolute atomic E-state index is 8.53. The van der Waals surface area contributed by atoms with Crippen LogP contribution in [-0.4, -0.2) is 19.9 Å². The Morgan fingerprint density at radius 1 is 0.358 bits per heavy atom. The van der Waals surface area contributed by atoms with Crippen LogP contribution in [0, 0.1) is 33.6 Å². The average molecular weight is 1470 g/mol. The van der Waals surface area contributed by atoms with E-state index in [0.29, 0.717) is 78.9 Å². The minimum atomic E-state index is -2.51. The highest BCUT2D eigenvalue weighted by Gasteiger charge is 2.29. The van der Waals surface area contributed by atoms with Crippen LogP contribution in [0.4, 0.5) is 0 Å². The molecule has 12 nitrogen and oxygen atoms in total. The van der Waals surface area contributed by atoms with Gasteiger partial charge in [-0.3, -0.25) is 0 Å². The number of nitrogens with zero attached hydrogens (tertiary/aromatic N) is 8. The molecule has 12 heterocycles. The number of hydrogen-bond donors (Lipinski definition) is 0. The largest absolute Gasteiger partial charge is 0.437 e. The predicted molar refractivity (Wildman–Crippen MR) is 449 cm³/mol. The van der Waals surface area contributed by atoms with Crippen molar-refractivity contribution >= 4 is 88.3 Å². The van der Waals surface area contributed by atoms with Crippen LogP contribution in [0.5, 0.6) is 0 Å². The number of benzene rings is 4. The first-order chi connectivity index (χ1) is 59.9. The third-order valence-electron chi connectivity index (χ3n) is 20.4. The van der Waals surface area contributed by atoms with Crippen molar-refractivity contribution in [3.8, 4) is 45.0 Å². The highest BCUT2D eigenvalue weighted by Crippen LogP contribution is 2.43. The Balaban J connectivity index is 0.000000148. The lowest BCUT2D eigenvalue weighted by Gasteiger charge is -2.16. The molecule has 0 aliphatic rings. The van der Waals surface area contributed by atoms with Gasteiger partial charge < -0.3 is 17.7 Å². The van der Waals surface area contributed by atoms with E-state index in [9.17, 15) is 0 Å². The summed E-state index contributed by atoms with van der Waals surface area (Å²) in [5.74, 6) is -9.53. The topological polar surface area (TPSA) is 120 Å². The minimum Gasteiger partial charge on any atom is -0.437 e. The number of aryl methyl sites for hydroxylation is 9. The van der Waals surface area contributed by atoms with E-state index in [0.717, 1.165) is 128 Å². The van der Waals surface area contributed by atoms with Crippen molar-refractivity contribution in [3.05, 3.63) is 238 Å². The van der Waals surface area contributed by atoms with Crippen LogP contribution < -0.4 is 18.3 Å². The number of aromatic nitrogens is 8. The molecule has 0 aliphatic carbocycles. The Kier molecular flexibility index (Phi) is 15.2. The van der Waals surface area contributed by atoms with Gasteiger partial charge in [-0.2, -0.15) is 0 Å². The summed E-state index contributed by atoms with van der Waals surface area (Å²) >= 11 is 0. The number of rotatable bonds is 12. The maximum Gasteiger partial charge on any atom is 0.227 e. The van der Waals surface area contributed by atoms with E-state index >= 15 is 0 Å². The molecule has 109 heavy (non-hydrogen) atoms. The summed E-state index contributed by atoms with van der Waals surface area (Å²) in [6, 6.07) is 45.3. The van der Waals surface area contributed by atoms with E-state index in [1.807, 2.05) is 159 Å². The lowest BCUT2D eigenvalue weighted by atomic mass is 9.91. The second-order valence-electron chi connectivity index (χ2n) is 30.1. The van der Waals surface area contributed by atoms with Gasteiger partial charge in [-0.1, -0.05) is 159 Å². The molecule has 5 unspecified atom stereocenters. The highest BCUT2D eigenvalue weighted by atomic mass is 16.4. The first-order valence-electron chi connectivity index (χ1n) is 47.2. The van der Waals surface area contributed by atoms with Crippen molar-refractivity contribution in [2.75, 3.05) is 0 Å². The lowest BCUT2D eigenvalue weighted by molar-refractivity contribution is -0.660. The normalized spacial score (nSPS) is 18.2. The number of hydrogen-bond acceptors (Lipinski definition) is 8. The first kappa shape index (κ1) is 54.0. The van der Waals surface area contributed by atoms with E-state index in [2.05, 4.69) is 48.7 Å². The van der Waals surface area contributed by atoms with Crippen molar-refractivity contribution in [2.24, 2.45) is 34.1 Å². The van der Waals surface area contributed by atoms with Crippen LogP contribution in [-0.2, 0) is 46.4 Å². The van der Waals surface area contributed by atoms with Crippen molar-refractivity contribution in [1.29, 1.82) is 0 Å². The third-order valence-corrected chi connectivity index (χ3v) is 20.4. The summed E-state index contributed by atoms with van der Waals surface area (Å²) in [5.41, 5.74) is 19.5. The molecular formula is C97H110N8O4+4. The van der Waals surface area contributed by atoms with Gasteiger partial charge in [0.1, 0.15) is 28.2 Å². The molecule has 12 aromatic heterocycles. The van der Waals surface area contributed by atoms with E-state index in [-0.39, 0.29) is 11.8 Å². The summed E-state index contributed by atoms with van der Waals surface area (Å²) in [6.07, 6.45) is 7.90. The first-order valence-corrected chi connectivity index (χ1v) is 36.7. The molecule has 0 N–H and O–H groups in total. The number of fused-ring (bicyclic) bond motifs is 12. The van der Waals surface area contributed by atoms with Crippen LogP contribution >= 0.6 is 0 Å². The molecule has 0 saturated heterocycles. The number of furan rings is 4. The average Bonchev–Trinajstić information content (AvgIpc) is 1.56. The Labute approximate surface area is 673 Å². The molecule has 0 aliphatic heterocycles. The Morgan fingerprint density at radius 2 is 0.661 bits per heavy atom. The standard InChI is InChI=1S/2C25H29N2O.C24H27N2O.C23H25N2O/c1-15(2)17-12-13-27(7)20(14-17)22-16(3)8-9-18-19-10-11-21(25(4,5)6)26-24(19)28-23(18)22;1-15(2)13-19-8-10-21-20-9-7-17(5)23(24(20)28-25(21)26-19)22-14-18(16(3)4)11-12-27(22)6;1-14(2)17-11-12-26(6)21(13-17)22-16(5)7-8-18-19-9-10-20(15(3)4)25-24(19)27-23(18)22;1-6-17-8-10-19-18-9-7-15(4)21(22(18)26-23(19)24-17)20-13-16(14(2)3)11-12-25(20)5/h8-15H,1-7H3;7-12,14-16H,13H2,1-6H3;7-15H,1-6H3;7-14H,6H2,1-5H3/q4*+1/i1D3,15D;1D3,3D3,15D,16D;1D3,14D,15D;2D3,14D. The predicted octanol–water partition coefficient (Wildman–Crippen LogP) is 23.8. The van der Waals surface area contributed by atoms with E-state index in [4.69, 9.17) is 51.4 Å².